The summed E-state index contributed by atoms with van der Waals surface area (Å²) in [6.07, 6.45) is 1.16. The first kappa shape index (κ1) is 15.8. The van der Waals surface area contributed by atoms with E-state index in [1.54, 1.807) is 0 Å². The minimum Gasteiger partial charge on any atom is -0.379 e. The molecule has 0 amide bonds. The smallest absolute Gasteiger partial charge is 0.209 e. The summed E-state index contributed by atoms with van der Waals surface area (Å²) in [6.45, 7) is 9.85. The Kier molecular flexibility index (Phi) is 7.91. The van der Waals surface area contributed by atoms with Crippen LogP contribution in [0.2, 0.25) is 0 Å². The van der Waals surface area contributed by atoms with E-state index in [1.807, 2.05) is 4.90 Å². The van der Waals surface area contributed by atoms with Gasteiger partial charge in [-0.15, -0.1) is 0 Å². The van der Waals surface area contributed by atoms with Crippen molar-refractivity contribution < 1.29 is 13.2 Å². The lowest BCUT2D eigenvalue weighted by molar-refractivity contribution is 0.0371. The minimum absolute atomic E-state index is 0.391. The van der Waals surface area contributed by atoms with Crippen LogP contribution in [0, 0.1) is 5.92 Å². The molecule has 1 aliphatic rings. The fraction of sp³-hybridized carbons (Fsp3) is 1.00. The first-order chi connectivity index (χ1) is 7.31. The van der Waals surface area contributed by atoms with Gasteiger partial charge in [0.1, 0.15) is 0 Å². The molecule has 0 spiro atoms. The topological polar surface area (TPSA) is 58.6 Å². The van der Waals surface area contributed by atoms with Crippen LogP contribution in [0.1, 0.15) is 20.8 Å². The van der Waals surface area contributed by atoms with Crippen molar-refractivity contribution in [2.45, 2.75) is 20.8 Å². The summed E-state index contributed by atoms with van der Waals surface area (Å²) < 4.78 is 29.0. The average molecular weight is 252 g/mol. The van der Waals surface area contributed by atoms with Gasteiger partial charge in [-0.1, -0.05) is 20.8 Å². The first-order valence-corrected chi connectivity index (χ1v) is 7.45. The van der Waals surface area contributed by atoms with Crippen molar-refractivity contribution in [3.05, 3.63) is 0 Å². The van der Waals surface area contributed by atoms with E-state index < -0.39 is 10.0 Å². The Balaban J connectivity index is 0.000000487. The maximum Gasteiger partial charge on any atom is 0.209 e. The summed E-state index contributed by atoms with van der Waals surface area (Å²) in [6, 6.07) is 0. The van der Waals surface area contributed by atoms with E-state index in [0.717, 1.165) is 25.3 Å². The normalized spacial score (nSPS) is 18.1. The van der Waals surface area contributed by atoms with E-state index in [-0.39, 0.29) is 0 Å². The van der Waals surface area contributed by atoms with Crippen molar-refractivity contribution in [1.29, 1.82) is 0 Å². The van der Waals surface area contributed by atoms with Crippen LogP contribution in [0.4, 0.5) is 0 Å². The molecule has 0 saturated carbocycles. The van der Waals surface area contributed by atoms with Crippen LogP contribution >= 0.6 is 0 Å². The number of hydrogen-bond donors (Lipinski definition) is 1. The first-order valence-electron chi connectivity index (χ1n) is 5.56. The van der Waals surface area contributed by atoms with Crippen LogP contribution in [0.15, 0.2) is 0 Å². The molecule has 0 unspecified atom stereocenters. The van der Waals surface area contributed by atoms with Crippen molar-refractivity contribution in [3.8, 4) is 0 Å². The lowest BCUT2D eigenvalue weighted by Crippen LogP contribution is -2.43. The summed E-state index contributed by atoms with van der Waals surface area (Å²) in [7, 11) is -3.06. The second-order valence-electron chi connectivity index (χ2n) is 4.54. The third kappa shape index (κ3) is 11.9. The maximum atomic E-state index is 10.7. The summed E-state index contributed by atoms with van der Waals surface area (Å²) in [4.78, 5) is 2.00. The van der Waals surface area contributed by atoms with E-state index in [4.69, 9.17) is 4.74 Å². The number of sulfonamides is 1. The van der Waals surface area contributed by atoms with Gasteiger partial charge in [0.15, 0.2) is 0 Å². The van der Waals surface area contributed by atoms with E-state index in [1.165, 1.54) is 0 Å². The molecule has 0 bridgehead atoms. The average Bonchev–Trinajstić information content (AvgIpc) is 2.14. The monoisotopic (exact) mass is 252 g/mol. The number of rotatable bonds is 3. The molecule has 0 aromatic carbocycles. The van der Waals surface area contributed by atoms with Gasteiger partial charge >= 0.3 is 0 Å². The maximum absolute atomic E-state index is 10.7. The van der Waals surface area contributed by atoms with E-state index >= 15 is 0 Å². The highest BCUT2D eigenvalue weighted by Crippen LogP contribution is 1.94. The zero-order chi connectivity index (χ0) is 12.6. The third-order valence-electron chi connectivity index (χ3n) is 1.65. The Hall–Kier alpha value is -0.170. The Bertz CT molecular complexity index is 256. The molecule has 1 rings (SSSR count). The fourth-order valence-corrected chi connectivity index (χ4v) is 1.38. The second kappa shape index (κ2) is 8.00. The molecule has 0 radical (unpaired) electrons. The molecule has 16 heavy (non-hydrogen) atoms. The summed E-state index contributed by atoms with van der Waals surface area (Å²) >= 11 is 0. The van der Waals surface area contributed by atoms with Crippen LogP contribution in [0.3, 0.4) is 0 Å². The van der Waals surface area contributed by atoms with Gasteiger partial charge in [-0.05, 0) is 5.92 Å². The molecule has 1 saturated heterocycles. The van der Waals surface area contributed by atoms with Crippen LogP contribution in [-0.4, -0.2) is 52.5 Å². The van der Waals surface area contributed by atoms with Gasteiger partial charge in [0.05, 0.1) is 26.1 Å². The van der Waals surface area contributed by atoms with Gasteiger partial charge in [0.25, 0.3) is 0 Å². The van der Waals surface area contributed by atoms with Crippen LogP contribution in [0.5, 0.6) is 0 Å². The predicted molar refractivity (Wildman–Crippen MR) is 65.8 cm³/mol. The van der Waals surface area contributed by atoms with E-state index in [0.29, 0.717) is 19.9 Å². The van der Waals surface area contributed by atoms with Gasteiger partial charge in [0.2, 0.25) is 10.0 Å². The van der Waals surface area contributed by atoms with Crippen molar-refractivity contribution in [3.63, 3.8) is 0 Å². The Morgan fingerprint density at radius 2 is 1.69 bits per heavy atom. The molecular weight excluding hydrogens is 228 g/mol. The molecule has 5 nitrogen and oxygen atoms in total. The molecule has 0 atom stereocenters. The van der Waals surface area contributed by atoms with E-state index in [2.05, 4.69) is 25.5 Å². The van der Waals surface area contributed by atoms with Gasteiger partial charge in [0, 0.05) is 13.1 Å². The molecule has 6 heteroatoms. The van der Waals surface area contributed by atoms with Crippen molar-refractivity contribution >= 4 is 10.0 Å². The lowest BCUT2D eigenvalue weighted by atomic mass is 10.3. The third-order valence-corrected chi connectivity index (χ3v) is 2.31. The van der Waals surface area contributed by atoms with E-state index in [9.17, 15) is 8.42 Å². The van der Waals surface area contributed by atoms with Crippen molar-refractivity contribution in [2.75, 3.05) is 39.2 Å². The Morgan fingerprint density at radius 1 is 1.25 bits per heavy atom. The Morgan fingerprint density at radius 3 is 2.06 bits per heavy atom. The van der Waals surface area contributed by atoms with Gasteiger partial charge < -0.3 is 4.74 Å². The zero-order valence-electron chi connectivity index (χ0n) is 10.7. The molecular formula is C10H24N2O3S. The van der Waals surface area contributed by atoms with Crippen molar-refractivity contribution in [2.24, 2.45) is 5.92 Å². The lowest BCUT2D eigenvalue weighted by Gasteiger charge is -2.26. The summed E-state index contributed by atoms with van der Waals surface area (Å²) in [5, 5.41) is 0. The summed E-state index contributed by atoms with van der Waals surface area (Å²) in [5.41, 5.74) is 0. The fourth-order valence-electron chi connectivity index (χ4n) is 0.968. The highest BCUT2D eigenvalue weighted by Gasteiger charge is 2.11. The molecule has 0 aliphatic carbocycles. The van der Waals surface area contributed by atoms with Crippen molar-refractivity contribution in [1.82, 2.24) is 9.62 Å². The molecule has 1 N–H and O–H groups in total. The SMILES string of the molecule is CC(C)C.CS(=O)(=O)NCN1CCOCC1. The Labute approximate surface area is 99.2 Å². The van der Waals surface area contributed by atoms with Crippen LogP contribution in [-0.2, 0) is 14.8 Å². The largest absolute Gasteiger partial charge is 0.379 e. The molecule has 0 aromatic heterocycles. The second-order valence-corrected chi connectivity index (χ2v) is 6.37. The molecule has 1 heterocycles. The summed E-state index contributed by atoms with van der Waals surface area (Å²) in [5.74, 6) is 0.833. The molecule has 1 fully saturated rings. The number of morpholine rings is 1. The number of ether oxygens (including phenoxy) is 1. The van der Waals surface area contributed by atoms with Gasteiger partial charge in [-0.2, -0.15) is 0 Å². The molecule has 1 aliphatic heterocycles. The molecule has 0 aromatic rings. The number of nitrogens with one attached hydrogen (secondary N) is 1. The highest BCUT2D eigenvalue weighted by atomic mass is 32.2. The highest BCUT2D eigenvalue weighted by molar-refractivity contribution is 7.88. The molecule has 98 valence electrons. The number of nitrogens with zero attached hydrogens (tertiary/aromatic N) is 1. The predicted octanol–water partition coefficient (Wildman–Crippen LogP) is 0.488. The standard InChI is InChI=1S/C6H14N2O3S.C4H10/c1-12(9,10)7-6-8-2-4-11-5-3-8;1-4(2)3/h7H,2-6H2,1H3;4H,1-3H3. The zero-order valence-corrected chi connectivity index (χ0v) is 11.5. The van der Waals surface area contributed by atoms with Crippen LogP contribution < -0.4 is 4.72 Å². The quantitative estimate of drug-likeness (QED) is 0.794. The number of hydrogen-bond acceptors (Lipinski definition) is 4. The van der Waals surface area contributed by atoms with Gasteiger partial charge in [-0.3, -0.25) is 4.90 Å². The minimum atomic E-state index is -3.06. The van der Waals surface area contributed by atoms with Crippen LogP contribution in [0.25, 0.3) is 0 Å². The van der Waals surface area contributed by atoms with Gasteiger partial charge in [-0.25, -0.2) is 13.1 Å².